The Morgan fingerprint density at radius 2 is 2.33 bits per heavy atom. The first-order valence-corrected chi connectivity index (χ1v) is 6.67. The molecule has 0 bridgehead atoms. The van der Waals surface area contributed by atoms with E-state index in [1.165, 1.54) is 12.1 Å². The lowest BCUT2D eigenvalue weighted by atomic mass is 10.2. The number of anilines is 1. The summed E-state index contributed by atoms with van der Waals surface area (Å²) in [6, 6.07) is 4.55. The average molecular weight is 266 g/mol. The largest absolute Gasteiger partial charge is 0.492 e. The van der Waals surface area contributed by atoms with Crippen LogP contribution in [0.4, 0.5) is 10.1 Å². The Labute approximate surface area is 110 Å². The predicted molar refractivity (Wildman–Crippen MR) is 71.7 cm³/mol. The van der Waals surface area contributed by atoms with Crippen LogP contribution in [0.3, 0.4) is 0 Å². The maximum atomic E-state index is 13.2. The zero-order valence-electron chi connectivity index (χ0n) is 10.3. The third-order valence-corrected chi connectivity index (χ3v) is 3.40. The smallest absolute Gasteiger partial charge is 0.145 e. The van der Waals surface area contributed by atoms with E-state index in [1.807, 2.05) is 19.2 Å². The van der Waals surface area contributed by atoms with E-state index in [0.29, 0.717) is 12.4 Å². The Morgan fingerprint density at radius 1 is 1.50 bits per heavy atom. The van der Waals surface area contributed by atoms with Crippen molar-refractivity contribution < 1.29 is 9.13 Å². The lowest BCUT2D eigenvalue weighted by Crippen LogP contribution is -2.08. The molecule has 0 aliphatic carbocycles. The van der Waals surface area contributed by atoms with Gasteiger partial charge in [-0.3, -0.25) is 0 Å². The Bertz CT molecular complexity index is 502. The normalized spacial score (nSPS) is 12.2. The zero-order valence-corrected chi connectivity index (χ0v) is 11.1. The van der Waals surface area contributed by atoms with Crippen LogP contribution in [0.15, 0.2) is 29.8 Å². The van der Waals surface area contributed by atoms with Gasteiger partial charge in [0, 0.05) is 17.6 Å². The Balaban J connectivity index is 2.17. The van der Waals surface area contributed by atoms with Gasteiger partial charge in [-0.1, -0.05) is 0 Å². The van der Waals surface area contributed by atoms with Crippen molar-refractivity contribution in [3.05, 3.63) is 40.6 Å². The molecule has 1 aromatic heterocycles. The van der Waals surface area contributed by atoms with Crippen molar-refractivity contribution in [1.29, 1.82) is 0 Å². The van der Waals surface area contributed by atoms with Crippen LogP contribution in [0.1, 0.15) is 24.9 Å². The minimum Gasteiger partial charge on any atom is -0.492 e. The first-order chi connectivity index (χ1) is 8.70. The van der Waals surface area contributed by atoms with E-state index in [4.69, 9.17) is 4.74 Å². The lowest BCUT2D eigenvalue weighted by Gasteiger charge is -2.16. The minimum atomic E-state index is -0.300. The van der Waals surface area contributed by atoms with Gasteiger partial charge in [0.05, 0.1) is 18.3 Å². The fourth-order valence-corrected chi connectivity index (χ4v) is 2.28. The summed E-state index contributed by atoms with van der Waals surface area (Å²) in [5.41, 5.74) is 0.779. The minimum absolute atomic E-state index is 0.0645. The van der Waals surface area contributed by atoms with Crippen LogP contribution in [0.2, 0.25) is 0 Å². The summed E-state index contributed by atoms with van der Waals surface area (Å²) in [4.78, 5) is 4.25. The Kier molecular flexibility index (Phi) is 4.15. The molecule has 5 heteroatoms. The van der Waals surface area contributed by atoms with Crippen LogP contribution >= 0.6 is 11.3 Å². The number of nitrogens with zero attached hydrogens (tertiary/aromatic N) is 1. The monoisotopic (exact) mass is 266 g/mol. The molecule has 0 radical (unpaired) electrons. The van der Waals surface area contributed by atoms with Crippen molar-refractivity contribution >= 4 is 17.0 Å². The molecule has 1 aromatic carbocycles. The summed E-state index contributed by atoms with van der Waals surface area (Å²) in [6.45, 7) is 4.39. The van der Waals surface area contributed by atoms with Gasteiger partial charge >= 0.3 is 0 Å². The maximum absolute atomic E-state index is 13.2. The number of hydrogen-bond donors (Lipinski definition) is 1. The Hall–Kier alpha value is -1.62. The first-order valence-electron chi connectivity index (χ1n) is 5.79. The van der Waals surface area contributed by atoms with Gasteiger partial charge in [-0.25, -0.2) is 9.37 Å². The third kappa shape index (κ3) is 2.98. The number of benzene rings is 1. The number of halogens is 1. The second kappa shape index (κ2) is 5.82. The fraction of sp³-hybridized carbons (Fsp3) is 0.308. The fourth-order valence-electron chi connectivity index (χ4n) is 1.63. The van der Waals surface area contributed by atoms with Crippen LogP contribution in [0, 0.1) is 5.82 Å². The number of nitrogens with one attached hydrogen (secondary N) is 1. The van der Waals surface area contributed by atoms with Gasteiger partial charge in [0.2, 0.25) is 0 Å². The molecule has 18 heavy (non-hydrogen) atoms. The van der Waals surface area contributed by atoms with Crippen LogP contribution < -0.4 is 10.1 Å². The molecular formula is C13H15FN2OS. The maximum Gasteiger partial charge on any atom is 0.145 e. The molecule has 2 aromatic rings. The van der Waals surface area contributed by atoms with E-state index in [-0.39, 0.29) is 11.9 Å². The average Bonchev–Trinajstić information content (AvgIpc) is 2.86. The second-order valence-corrected chi connectivity index (χ2v) is 4.74. The highest BCUT2D eigenvalue weighted by atomic mass is 32.1. The van der Waals surface area contributed by atoms with E-state index < -0.39 is 0 Å². The Morgan fingerprint density at radius 3 is 3.00 bits per heavy atom. The van der Waals surface area contributed by atoms with Gasteiger partial charge in [0.25, 0.3) is 0 Å². The molecule has 1 heterocycles. The van der Waals surface area contributed by atoms with Crippen molar-refractivity contribution in [2.45, 2.75) is 19.9 Å². The van der Waals surface area contributed by atoms with E-state index in [0.717, 1.165) is 10.7 Å². The summed E-state index contributed by atoms with van der Waals surface area (Å²) in [7, 11) is 0. The summed E-state index contributed by atoms with van der Waals surface area (Å²) in [6.07, 6.45) is 1.77. The van der Waals surface area contributed by atoms with Crippen LogP contribution in [-0.4, -0.2) is 11.6 Å². The quantitative estimate of drug-likeness (QED) is 0.892. The van der Waals surface area contributed by atoms with Crippen molar-refractivity contribution in [1.82, 2.24) is 4.98 Å². The van der Waals surface area contributed by atoms with Crippen molar-refractivity contribution in [3.8, 4) is 5.75 Å². The molecule has 0 saturated heterocycles. The van der Waals surface area contributed by atoms with Gasteiger partial charge in [0.15, 0.2) is 0 Å². The molecule has 1 N–H and O–H groups in total. The molecule has 0 fully saturated rings. The number of ether oxygens (including phenoxy) is 1. The number of thiazole rings is 1. The zero-order chi connectivity index (χ0) is 13.0. The molecule has 0 aliphatic heterocycles. The molecule has 96 valence electrons. The van der Waals surface area contributed by atoms with Crippen molar-refractivity contribution in [2.24, 2.45) is 0 Å². The molecule has 0 saturated carbocycles. The van der Waals surface area contributed by atoms with E-state index in [9.17, 15) is 4.39 Å². The van der Waals surface area contributed by atoms with Gasteiger partial charge in [-0.2, -0.15) is 0 Å². The SMILES string of the molecule is CCOc1cc(F)ccc1NC(C)c1nccs1. The van der Waals surface area contributed by atoms with Gasteiger partial charge < -0.3 is 10.1 Å². The van der Waals surface area contributed by atoms with Crippen LogP contribution in [0.25, 0.3) is 0 Å². The first kappa shape index (κ1) is 12.8. The summed E-state index contributed by atoms with van der Waals surface area (Å²) < 4.78 is 18.6. The van der Waals surface area contributed by atoms with Gasteiger partial charge in [-0.15, -0.1) is 11.3 Å². The number of rotatable bonds is 5. The van der Waals surface area contributed by atoms with E-state index >= 15 is 0 Å². The highest BCUT2D eigenvalue weighted by Gasteiger charge is 2.11. The number of hydrogen-bond acceptors (Lipinski definition) is 4. The second-order valence-electron chi connectivity index (χ2n) is 3.81. The molecule has 0 spiro atoms. The standard InChI is InChI=1S/C13H15FN2OS/c1-3-17-12-8-10(14)4-5-11(12)16-9(2)13-15-6-7-18-13/h4-9,16H,3H2,1-2H3. The topological polar surface area (TPSA) is 34.1 Å². The molecule has 0 amide bonds. The lowest BCUT2D eigenvalue weighted by molar-refractivity contribution is 0.339. The predicted octanol–water partition coefficient (Wildman–Crippen LogP) is 3.85. The van der Waals surface area contributed by atoms with Gasteiger partial charge in [0.1, 0.15) is 16.6 Å². The highest BCUT2D eigenvalue weighted by molar-refractivity contribution is 7.09. The summed E-state index contributed by atoms with van der Waals surface area (Å²) in [5.74, 6) is 0.229. The molecular weight excluding hydrogens is 251 g/mol. The van der Waals surface area contributed by atoms with E-state index in [1.54, 1.807) is 23.6 Å². The highest BCUT2D eigenvalue weighted by Crippen LogP contribution is 2.29. The van der Waals surface area contributed by atoms with Crippen LogP contribution in [0.5, 0.6) is 5.75 Å². The molecule has 1 unspecified atom stereocenters. The van der Waals surface area contributed by atoms with Crippen molar-refractivity contribution in [2.75, 3.05) is 11.9 Å². The molecule has 0 aliphatic rings. The molecule has 3 nitrogen and oxygen atoms in total. The van der Waals surface area contributed by atoms with Crippen LogP contribution in [-0.2, 0) is 0 Å². The summed E-state index contributed by atoms with van der Waals surface area (Å²) >= 11 is 1.58. The summed E-state index contributed by atoms with van der Waals surface area (Å²) in [5, 5.41) is 6.20. The third-order valence-electron chi connectivity index (χ3n) is 2.44. The molecule has 1 atom stereocenters. The number of aromatic nitrogens is 1. The van der Waals surface area contributed by atoms with E-state index in [2.05, 4.69) is 10.3 Å². The van der Waals surface area contributed by atoms with Crippen molar-refractivity contribution in [3.63, 3.8) is 0 Å². The molecule has 2 rings (SSSR count). The van der Waals surface area contributed by atoms with Gasteiger partial charge in [-0.05, 0) is 26.0 Å².